The smallest absolute Gasteiger partial charge is 0.375 e. The number of esters is 1. The van der Waals surface area contributed by atoms with Crippen molar-refractivity contribution in [3.8, 4) is 0 Å². The molecule has 0 spiro atoms. The third-order valence-corrected chi connectivity index (χ3v) is 3.76. The van der Waals surface area contributed by atoms with Gasteiger partial charge in [-0.2, -0.15) is 0 Å². The van der Waals surface area contributed by atoms with E-state index in [1.54, 1.807) is 30.3 Å². The van der Waals surface area contributed by atoms with Crippen LogP contribution < -0.4 is 15.8 Å². The molecular weight excluding hydrogens is 366 g/mol. The number of carbonyl (C=O) groups excluding carboxylic acids is 3. The lowest BCUT2D eigenvalue weighted by Gasteiger charge is -2.12. The first kappa shape index (κ1) is 19.1. The number of carbonyl (C=O) groups is 3. The summed E-state index contributed by atoms with van der Waals surface area (Å²) in [5.41, 5.74) is 0.466. The van der Waals surface area contributed by atoms with Crippen molar-refractivity contribution in [1.29, 1.82) is 0 Å². The molecule has 0 saturated heterocycles. The van der Waals surface area contributed by atoms with Crippen molar-refractivity contribution in [2.24, 2.45) is 5.14 Å². The molecule has 11 heteroatoms. The van der Waals surface area contributed by atoms with E-state index < -0.39 is 44.9 Å². The zero-order valence-electron chi connectivity index (χ0n) is 13.5. The van der Waals surface area contributed by atoms with Crippen molar-refractivity contribution in [2.75, 3.05) is 5.32 Å². The number of ether oxygens (including phenoxy) is 1. The molecule has 1 heterocycles. The molecule has 1 unspecified atom stereocenters. The van der Waals surface area contributed by atoms with E-state index >= 15 is 0 Å². The first-order chi connectivity index (χ1) is 12.2. The predicted molar refractivity (Wildman–Crippen MR) is 88.6 cm³/mol. The van der Waals surface area contributed by atoms with Crippen LogP contribution in [-0.4, -0.2) is 32.4 Å². The fourth-order valence-corrected chi connectivity index (χ4v) is 2.22. The van der Waals surface area contributed by atoms with E-state index in [4.69, 9.17) is 14.3 Å². The van der Waals surface area contributed by atoms with Gasteiger partial charge in [-0.15, -0.1) is 0 Å². The van der Waals surface area contributed by atoms with E-state index in [0.717, 1.165) is 12.1 Å². The maximum atomic E-state index is 11.9. The maximum Gasteiger partial charge on any atom is 0.375 e. The summed E-state index contributed by atoms with van der Waals surface area (Å²) in [6, 6.07) is 9.59. The zero-order valence-corrected chi connectivity index (χ0v) is 14.3. The van der Waals surface area contributed by atoms with Gasteiger partial charge in [0.15, 0.2) is 6.10 Å². The molecule has 0 aliphatic heterocycles. The molecule has 2 aromatic rings. The van der Waals surface area contributed by atoms with Crippen LogP contribution in [-0.2, 0) is 19.6 Å². The van der Waals surface area contributed by atoms with Crippen LogP contribution in [0.25, 0.3) is 0 Å². The van der Waals surface area contributed by atoms with Crippen molar-refractivity contribution in [3.63, 3.8) is 0 Å². The largest absolute Gasteiger partial charge is 0.447 e. The lowest BCUT2D eigenvalue weighted by atomic mass is 10.3. The topological polar surface area (TPSA) is 158 Å². The standard InChI is InChI=1S/C15H15N3O7S/c1-9(13(19)18-15(21)17-10-5-3-2-4-6-10)24-14(20)11-7-8-12(25-11)26(16,22)23/h2-9H,1H3,(H2,16,22,23)(H2,17,18,19,21). The molecule has 4 N–H and O–H groups in total. The predicted octanol–water partition coefficient (Wildman–Crippen LogP) is 0.821. The molecule has 1 aromatic carbocycles. The second kappa shape index (κ2) is 7.80. The van der Waals surface area contributed by atoms with Crippen LogP contribution >= 0.6 is 0 Å². The molecule has 0 radical (unpaired) electrons. The minimum absolute atomic E-state index is 0.456. The minimum Gasteiger partial charge on any atom is -0.447 e. The lowest BCUT2D eigenvalue weighted by molar-refractivity contribution is -0.127. The number of imide groups is 1. The van der Waals surface area contributed by atoms with Crippen LogP contribution in [0.4, 0.5) is 10.5 Å². The Balaban J connectivity index is 1.91. The maximum absolute atomic E-state index is 11.9. The summed E-state index contributed by atoms with van der Waals surface area (Å²) in [6.45, 7) is 1.23. The van der Waals surface area contributed by atoms with Gasteiger partial charge in [0.25, 0.3) is 15.9 Å². The number of nitrogens with one attached hydrogen (secondary N) is 2. The number of primary sulfonamides is 1. The number of hydrogen-bond donors (Lipinski definition) is 3. The summed E-state index contributed by atoms with van der Waals surface area (Å²) in [4.78, 5) is 35.4. The summed E-state index contributed by atoms with van der Waals surface area (Å²) in [6.07, 6.45) is -1.34. The van der Waals surface area contributed by atoms with Gasteiger partial charge in [0.05, 0.1) is 0 Å². The van der Waals surface area contributed by atoms with Crippen LogP contribution in [0.15, 0.2) is 52.0 Å². The number of nitrogens with two attached hydrogens (primary N) is 1. The molecule has 138 valence electrons. The van der Waals surface area contributed by atoms with Crippen molar-refractivity contribution in [2.45, 2.75) is 18.1 Å². The van der Waals surface area contributed by atoms with E-state index in [2.05, 4.69) is 5.32 Å². The molecule has 1 atom stereocenters. The minimum atomic E-state index is -4.11. The number of amides is 3. The zero-order chi connectivity index (χ0) is 19.3. The Hall–Kier alpha value is -3.18. The fourth-order valence-electron chi connectivity index (χ4n) is 1.75. The average molecular weight is 381 g/mol. The molecule has 10 nitrogen and oxygen atoms in total. The third-order valence-electron chi connectivity index (χ3n) is 2.98. The molecule has 0 fully saturated rings. The summed E-state index contributed by atoms with van der Waals surface area (Å²) in [5.74, 6) is -2.43. The monoisotopic (exact) mass is 381 g/mol. The van der Waals surface area contributed by atoms with Crippen molar-refractivity contribution in [3.05, 3.63) is 48.2 Å². The third kappa shape index (κ3) is 5.16. The molecule has 0 aliphatic carbocycles. The van der Waals surface area contributed by atoms with Gasteiger partial charge < -0.3 is 14.5 Å². The summed E-state index contributed by atoms with van der Waals surface area (Å²) < 4.78 is 31.8. The molecule has 2 rings (SSSR count). The molecule has 1 aromatic heterocycles. The summed E-state index contributed by atoms with van der Waals surface area (Å²) in [7, 11) is -4.11. The highest BCUT2D eigenvalue weighted by Crippen LogP contribution is 2.14. The summed E-state index contributed by atoms with van der Waals surface area (Å²) in [5, 5.41) is 8.66. The average Bonchev–Trinajstić information content (AvgIpc) is 3.06. The first-order valence-corrected chi connectivity index (χ1v) is 8.72. The van der Waals surface area contributed by atoms with Gasteiger partial charge in [-0.3, -0.25) is 10.1 Å². The molecule has 3 amide bonds. The lowest BCUT2D eigenvalue weighted by Crippen LogP contribution is -2.41. The number of sulfonamides is 1. The normalized spacial score (nSPS) is 12.1. The second-order valence-electron chi connectivity index (χ2n) is 5.02. The highest BCUT2D eigenvalue weighted by atomic mass is 32.2. The Morgan fingerprint density at radius 1 is 1.12 bits per heavy atom. The van der Waals surface area contributed by atoms with E-state index in [9.17, 15) is 22.8 Å². The van der Waals surface area contributed by atoms with E-state index in [0.29, 0.717) is 5.69 Å². The van der Waals surface area contributed by atoms with Crippen LogP contribution in [0.2, 0.25) is 0 Å². The SMILES string of the molecule is CC(OC(=O)c1ccc(S(N)(=O)=O)o1)C(=O)NC(=O)Nc1ccccc1. The molecule has 26 heavy (non-hydrogen) atoms. The van der Waals surface area contributed by atoms with Crippen molar-refractivity contribution in [1.82, 2.24) is 5.32 Å². The number of para-hydroxylation sites is 1. The fraction of sp³-hybridized carbons (Fsp3) is 0.133. The quantitative estimate of drug-likeness (QED) is 0.647. The van der Waals surface area contributed by atoms with Crippen molar-refractivity contribution >= 4 is 33.6 Å². The van der Waals surface area contributed by atoms with Gasteiger partial charge in [0, 0.05) is 5.69 Å². The van der Waals surface area contributed by atoms with E-state index in [1.807, 2.05) is 5.32 Å². The van der Waals surface area contributed by atoms with Crippen LogP contribution in [0.3, 0.4) is 0 Å². The molecular formula is C15H15N3O7S. The molecule has 0 bridgehead atoms. The molecule has 0 aliphatic rings. The molecule has 0 saturated carbocycles. The number of hydrogen-bond acceptors (Lipinski definition) is 7. The highest BCUT2D eigenvalue weighted by Gasteiger charge is 2.24. The Morgan fingerprint density at radius 2 is 1.77 bits per heavy atom. The Kier molecular flexibility index (Phi) is 5.75. The van der Waals surface area contributed by atoms with Gasteiger partial charge in [0.1, 0.15) is 0 Å². The Bertz CT molecular complexity index is 922. The number of urea groups is 1. The van der Waals surface area contributed by atoms with E-state index in [-0.39, 0.29) is 0 Å². The Labute approximate surface area is 148 Å². The van der Waals surface area contributed by atoms with E-state index in [1.165, 1.54) is 6.92 Å². The number of furan rings is 1. The first-order valence-electron chi connectivity index (χ1n) is 7.17. The van der Waals surface area contributed by atoms with Gasteiger partial charge in [-0.25, -0.2) is 23.1 Å². The summed E-state index contributed by atoms with van der Waals surface area (Å²) >= 11 is 0. The second-order valence-corrected chi connectivity index (χ2v) is 6.51. The highest BCUT2D eigenvalue weighted by molar-refractivity contribution is 7.89. The van der Waals surface area contributed by atoms with Gasteiger partial charge in [-0.05, 0) is 31.2 Å². The Morgan fingerprint density at radius 3 is 2.35 bits per heavy atom. The number of rotatable bonds is 5. The number of benzene rings is 1. The number of anilines is 1. The van der Waals surface area contributed by atoms with Gasteiger partial charge >= 0.3 is 12.0 Å². The van der Waals surface area contributed by atoms with Crippen molar-refractivity contribution < 1.29 is 32.0 Å². The van der Waals surface area contributed by atoms with Gasteiger partial charge in [-0.1, -0.05) is 18.2 Å². The van der Waals surface area contributed by atoms with Crippen LogP contribution in [0.1, 0.15) is 17.5 Å². The van der Waals surface area contributed by atoms with Gasteiger partial charge in [0.2, 0.25) is 10.9 Å². The van der Waals surface area contributed by atoms with Crippen LogP contribution in [0.5, 0.6) is 0 Å². The van der Waals surface area contributed by atoms with Crippen LogP contribution in [0, 0.1) is 0 Å².